The maximum absolute atomic E-state index is 12.4. The van der Waals surface area contributed by atoms with E-state index < -0.39 is 11.4 Å². The second-order valence-electron chi connectivity index (χ2n) is 5.10. The third kappa shape index (κ3) is 3.00. The Morgan fingerprint density at radius 2 is 2.20 bits per heavy atom. The molecule has 1 aliphatic carbocycles. The zero-order valence-electron chi connectivity index (χ0n) is 12.4. The van der Waals surface area contributed by atoms with E-state index in [9.17, 15) is 14.7 Å². The summed E-state index contributed by atoms with van der Waals surface area (Å²) in [6.45, 7) is 9.33. The lowest BCUT2D eigenvalue weighted by Crippen LogP contribution is -2.35. The maximum Gasteiger partial charge on any atom is 0.324 e. The van der Waals surface area contributed by atoms with Crippen LogP contribution in [0.3, 0.4) is 0 Å². The number of carbonyl (C=O) groups excluding carboxylic acids is 2. The van der Waals surface area contributed by atoms with E-state index >= 15 is 0 Å². The van der Waals surface area contributed by atoms with Gasteiger partial charge in [0.1, 0.15) is 5.76 Å². The van der Waals surface area contributed by atoms with E-state index in [1.807, 2.05) is 19.9 Å². The summed E-state index contributed by atoms with van der Waals surface area (Å²) in [7, 11) is 0. The van der Waals surface area contributed by atoms with Gasteiger partial charge in [-0.25, -0.2) is 0 Å². The maximum atomic E-state index is 12.4. The molecule has 0 aromatic heterocycles. The van der Waals surface area contributed by atoms with Crippen LogP contribution in [0.2, 0.25) is 0 Å². The van der Waals surface area contributed by atoms with Gasteiger partial charge in [-0.15, -0.1) is 0 Å². The fraction of sp³-hybridized carbons (Fsp3) is 0.500. The first-order valence-corrected chi connectivity index (χ1v) is 6.81. The number of carbonyl (C=O) groups is 2. The molecule has 0 saturated heterocycles. The average molecular weight is 278 g/mol. The molecule has 0 amide bonds. The molecule has 0 aromatic carbocycles. The van der Waals surface area contributed by atoms with Gasteiger partial charge in [0, 0.05) is 6.08 Å². The first kappa shape index (κ1) is 16.2. The highest BCUT2D eigenvalue weighted by Gasteiger charge is 2.49. The Hall–Kier alpha value is -1.84. The largest absolute Gasteiger partial charge is 0.511 e. The summed E-state index contributed by atoms with van der Waals surface area (Å²) in [4.78, 5) is 23.6. The topological polar surface area (TPSA) is 63.6 Å². The number of hydrogen-bond acceptors (Lipinski definition) is 4. The molecule has 0 aromatic rings. The van der Waals surface area contributed by atoms with Gasteiger partial charge >= 0.3 is 5.97 Å². The minimum absolute atomic E-state index is 0.276. The van der Waals surface area contributed by atoms with E-state index in [2.05, 4.69) is 6.58 Å². The molecule has 1 unspecified atom stereocenters. The number of ketones is 1. The third-order valence-corrected chi connectivity index (χ3v) is 3.56. The van der Waals surface area contributed by atoms with Crippen molar-refractivity contribution < 1.29 is 19.4 Å². The van der Waals surface area contributed by atoms with Crippen LogP contribution in [0, 0.1) is 5.41 Å². The molecule has 0 spiro atoms. The van der Waals surface area contributed by atoms with E-state index in [0.717, 1.165) is 24.5 Å². The molecule has 0 bridgehead atoms. The molecule has 0 aliphatic heterocycles. The lowest BCUT2D eigenvalue weighted by atomic mass is 9.78. The number of rotatable bonds is 6. The molecule has 0 saturated carbocycles. The second-order valence-corrected chi connectivity index (χ2v) is 5.10. The van der Waals surface area contributed by atoms with Crippen molar-refractivity contribution in [2.75, 3.05) is 6.61 Å². The first-order valence-electron chi connectivity index (χ1n) is 6.81. The van der Waals surface area contributed by atoms with Crippen LogP contribution < -0.4 is 0 Å². The number of ether oxygens (including phenoxy) is 1. The quantitative estimate of drug-likeness (QED) is 0.350. The zero-order chi connectivity index (χ0) is 15.3. The van der Waals surface area contributed by atoms with Crippen molar-refractivity contribution >= 4 is 11.8 Å². The van der Waals surface area contributed by atoms with Crippen molar-refractivity contribution in [2.45, 2.75) is 40.0 Å². The molecular formula is C16H22O4. The van der Waals surface area contributed by atoms with Crippen LogP contribution in [-0.2, 0) is 14.3 Å². The Kier molecular flexibility index (Phi) is 5.31. The molecule has 1 rings (SSSR count). The molecule has 110 valence electrons. The van der Waals surface area contributed by atoms with Gasteiger partial charge in [-0.1, -0.05) is 31.6 Å². The summed E-state index contributed by atoms with van der Waals surface area (Å²) in [5, 5.41) is 10.2. The monoisotopic (exact) mass is 278 g/mol. The average Bonchev–Trinajstić information content (AvgIpc) is 2.67. The van der Waals surface area contributed by atoms with Gasteiger partial charge in [0.15, 0.2) is 11.2 Å². The summed E-state index contributed by atoms with van der Waals surface area (Å²) >= 11 is 0. The number of hydrogen-bond donors (Lipinski definition) is 1. The summed E-state index contributed by atoms with van der Waals surface area (Å²) in [5.74, 6) is -1.15. The van der Waals surface area contributed by atoms with Crippen LogP contribution >= 0.6 is 0 Å². The van der Waals surface area contributed by atoms with E-state index in [1.54, 1.807) is 0 Å². The third-order valence-electron chi connectivity index (χ3n) is 3.56. The SMILES string of the molecule is C=C1C(C)=CCC1(C(=O)OCCCC)/C(O)=C/C(C)=O. The van der Waals surface area contributed by atoms with Crippen molar-refractivity contribution in [3.8, 4) is 0 Å². The Morgan fingerprint density at radius 1 is 1.55 bits per heavy atom. The highest BCUT2D eigenvalue weighted by atomic mass is 16.5. The minimum atomic E-state index is -1.33. The Bertz CT molecular complexity index is 485. The van der Waals surface area contributed by atoms with Gasteiger partial charge in [-0.2, -0.15) is 0 Å². The Labute approximate surface area is 119 Å². The van der Waals surface area contributed by atoms with Crippen molar-refractivity contribution in [3.63, 3.8) is 0 Å². The van der Waals surface area contributed by atoms with Crippen molar-refractivity contribution in [3.05, 3.63) is 35.6 Å². The Morgan fingerprint density at radius 3 is 2.65 bits per heavy atom. The van der Waals surface area contributed by atoms with Crippen molar-refractivity contribution in [2.24, 2.45) is 5.41 Å². The van der Waals surface area contributed by atoms with E-state index in [1.165, 1.54) is 6.92 Å². The highest BCUT2D eigenvalue weighted by molar-refractivity contribution is 5.92. The predicted molar refractivity (Wildman–Crippen MR) is 77.2 cm³/mol. The lowest BCUT2D eigenvalue weighted by molar-refractivity contribution is -0.152. The molecule has 1 N–H and O–H groups in total. The number of allylic oxidation sites excluding steroid dienone is 3. The fourth-order valence-corrected chi connectivity index (χ4v) is 2.21. The molecular weight excluding hydrogens is 256 g/mol. The van der Waals surface area contributed by atoms with Gasteiger partial charge in [0.2, 0.25) is 0 Å². The fourth-order valence-electron chi connectivity index (χ4n) is 2.21. The summed E-state index contributed by atoms with van der Waals surface area (Å²) in [6.07, 6.45) is 4.84. The van der Waals surface area contributed by atoms with Crippen LogP contribution in [-0.4, -0.2) is 23.5 Å². The van der Waals surface area contributed by atoms with Crippen LogP contribution in [0.4, 0.5) is 0 Å². The van der Waals surface area contributed by atoms with E-state index in [0.29, 0.717) is 12.2 Å². The first-order chi connectivity index (χ1) is 9.36. The van der Waals surface area contributed by atoms with Crippen LogP contribution in [0.15, 0.2) is 35.6 Å². The molecule has 1 aliphatic rings. The summed E-state index contributed by atoms with van der Waals surface area (Å²) in [6, 6.07) is 0. The molecule has 0 radical (unpaired) electrons. The van der Waals surface area contributed by atoms with Gasteiger partial charge in [0.05, 0.1) is 6.61 Å². The summed E-state index contributed by atoms with van der Waals surface area (Å²) in [5.41, 5.74) is -0.00122. The number of unbranched alkanes of at least 4 members (excludes halogenated alkanes) is 1. The molecule has 0 heterocycles. The van der Waals surface area contributed by atoms with Gasteiger partial charge in [0.25, 0.3) is 0 Å². The number of aliphatic hydroxyl groups is 1. The van der Waals surface area contributed by atoms with E-state index in [4.69, 9.17) is 4.74 Å². The van der Waals surface area contributed by atoms with Gasteiger partial charge < -0.3 is 9.84 Å². The lowest BCUT2D eigenvalue weighted by Gasteiger charge is -2.28. The second kappa shape index (κ2) is 6.55. The van der Waals surface area contributed by atoms with Crippen molar-refractivity contribution in [1.82, 2.24) is 0 Å². The van der Waals surface area contributed by atoms with Gasteiger partial charge in [-0.05, 0) is 32.3 Å². The zero-order valence-corrected chi connectivity index (χ0v) is 12.4. The molecule has 20 heavy (non-hydrogen) atoms. The van der Waals surface area contributed by atoms with Crippen molar-refractivity contribution in [1.29, 1.82) is 0 Å². The molecule has 4 heteroatoms. The molecule has 1 atom stereocenters. The molecule has 4 nitrogen and oxygen atoms in total. The van der Waals surface area contributed by atoms with Crippen LogP contribution in [0.25, 0.3) is 0 Å². The smallest absolute Gasteiger partial charge is 0.324 e. The van der Waals surface area contributed by atoms with Crippen LogP contribution in [0.5, 0.6) is 0 Å². The predicted octanol–water partition coefficient (Wildman–Crippen LogP) is 3.25. The van der Waals surface area contributed by atoms with Crippen LogP contribution in [0.1, 0.15) is 40.0 Å². The Balaban J connectivity index is 3.07. The molecule has 0 fully saturated rings. The van der Waals surface area contributed by atoms with E-state index in [-0.39, 0.29) is 18.0 Å². The summed E-state index contributed by atoms with van der Waals surface area (Å²) < 4.78 is 5.25. The highest BCUT2D eigenvalue weighted by Crippen LogP contribution is 2.47. The number of aliphatic hydroxyl groups excluding tert-OH is 1. The minimum Gasteiger partial charge on any atom is -0.511 e. The van der Waals surface area contributed by atoms with Gasteiger partial charge in [-0.3, -0.25) is 9.59 Å². The number of esters is 1. The standard InChI is InChI=1S/C16H22O4/c1-5-6-9-20-15(19)16(14(18)10-12(3)17)8-7-11(2)13(16)4/h7,10,18H,4-6,8-9H2,1-3H3/b14-10-. The normalized spacial score (nSPS) is 22.6.